The fraction of sp³-hybridized carbons (Fsp3) is 0.278. The molecule has 0 bridgehead atoms. The molecule has 0 aliphatic carbocycles. The molecule has 248 valence electrons. The second-order valence-corrected chi connectivity index (χ2v) is 14.2. The van der Waals surface area contributed by atoms with Crippen LogP contribution >= 0.6 is 11.6 Å². The van der Waals surface area contributed by atoms with E-state index in [2.05, 4.69) is 5.32 Å². The van der Waals surface area contributed by atoms with Gasteiger partial charge in [-0.25, -0.2) is 12.8 Å². The van der Waals surface area contributed by atoms with Gasteiger partial charge in [0.25, 0.3) is 10.0 Å². The fourth-order valence-corrected chi connectivity index (χ4v) is 6.56. The lowest BCUT2D eigenvalue weighted by atomic mass is 10.0. The van der Waals surface area contributed by atoms with Crippen molar-refractivity contribution in [1.82, 2.24) is 10.2 Å². The van der Waals surface area contributed by atoms with E-state index < -0.39 is 45.8 Å². The summed E-state index contributed by atoms with van der Waals surface area (Å²) in [6, 6.07) is 26.1. The van der Waals surface area contributed by atoms with E-state index in [1.807, 2.05) is 51.1 Å². The van der Waals surface area contributed by atoms with E-state index >= 15 is 4.39 Å². The number of carbonyl (C=O) groups excluding carboxylic acids is 2. The number of amides is 2. The maximum absolute atomic E-state index is 15.1. The molecule has 4 aromatic rings. The number of ether oxygens (including phenoxy) is 1. The van der Waals surface area contributed by atoms with Gasteiger partial charge >= 0.3 is 0 Å². The first-order chi connectivity index (χ1) is 22.3. The van der Waals surface area contributed by atoms with E-state index in [1.165, 1.54) is 47.4 Å². The highest BCUT2D eigenvalue weighted by atomic mass is 35.5. The van der Waals surface area contributed by atoms with Gasteiger partial charge in [0.2, 0.25) is 11.8 Å². The zero-order valence-electron chi connectivity index (χ0n) is 26.8. The number of benzene rings is 4. The van der Waals surface area contributed by atoms with Crippen LogP contribution in [0.2, 0.25) is 5.02 Å². The molecule has 8 nitrogen and oxygen atoms in total. The number of anilines is 1. The van der Waals surface area contributed by atoms with Crippen molar-refractivity contribution in [2.24, 2.45) is 0 Å². The van der Waals surface area contributed by atoms with Crippen LogP contribution in [0.5, 0.6) is 5.75 Å². The molecule has 0 aliphatic heterocycles. The zero-order chi connectivity index (χ0) is 34.2. The van der Waals surface area contributed by atoms with E-state index in [9.17, 15) is 18.0 Å². The molecule has 4 rings (SSSR count). The molecule has 4 aromatic carbocycles. The van der Waals surface area contributed by atoms with Crippen LogP contribution < -0.4 is 14.4 Å². The van der Waals surface area contributed by atoms with Crippen LogP contribution in [0, 0.1) is 5.82 Å². The maximum Gasteiger partial charge on any atom is 0.264 e. The number of nitrogens with one attached hydrogen (secondary N) is 1. The minimum absolute atomic E-state index is 0.0996. The van der Waals surface area contributed by atoms with Crippen molar-refractivity contribution in [3.63, 3.8) is 0 Å². The van der Waals surface area contributed by atoms with E-state index in [0.717, 1.165) is 9.87 Å². The molecule has 0 unspecified atom stereocenters. The van der Waals surface area contributed by atoms with Crippen LogP contribution in [0.25, 0.3) is 0 Å². The number of hydrogen-bond acceptors (Lipinski definition) is 5. The van der Waals surface area contributed by atoms with Gasteiger partial charge in [0.1, 0.15) is 24.2 Å². The van der Waals surface area contributed by atoms with Gasteiger partial charge in [0.05, 0.1) is 17.2 Å². The van der Waals surface area contributed by atoms with Crippen LogP contribution in [0.3, 0.4) is 0 Å². The number of rotatable bonds is 13. The van der Waals surface area contributed by atoms with Crippen molar-refractivity contribution in [3.8, 4) is 5.75 Å². The number of para-hydroxylation sites is 2. The highest BCUT2D eigenvalue weighted by molar-refractivity contribution is 7.92. The van der Waals surface area contributed by atoms with Crippen LogP contribution in [0.15, 0.2) is 108 Å². The average molecular weight is 680 g/mol. The number of carbonyl (C=O) groups is 2. The van der Waals surface area contributed by atoms with Crippen LogP contribution in [0.4, 0.5) is 10.1 Å². The third-order valence-corrected chi connectivity index (χ3v) is 9.21. The van der Waals surface area contributed by atoms with Crippen molar-refractivity contribution < 1.29 is 27.1 Å². The Labute approximate surface area is 281 Å². The third-order valence-electron chi connectivity index (χ3n) is 7.18. The molecule has 1 atom stereocenters. The first-order valence-corrected chi connectivity index (χ1v) is 17.0. The van der Waals surface area contributed by atoms with E-state index in [-0.39, 0.29) is 41.5 Å². The second kappa shape index (κ2) is 15.5. The smallest absolute Gasteiger partial charge is 0.264 e. The lowest BCUT2D eigenvalue weighted by Crippen LogP contribution is -2.56. The fourth-order valence-electron chi connectivity index (χ4n) is 5.00. The Balaban J connectivity index is 1.86. The predicted molar refractivity (Wildman–Crippen MR) is 182 cm³/mol. The van der Waals surface area contributed by atoms with Crippen molar-refractivity contribution >= 4 is 39.1 Å². The van der Waals surface area contributed by atoms with Crippen LogP contribution in [-0.2, 0) is 32.6 Å². The second-order valence-electron chi connectivity index (χ2n) is 11.9. The Bertz CT molecular complexity index is 1780. The van der Waals surface area contributed by atoms with Gasteiger partial charge in [-0.2, -0.15) is 0 Å². The topological polar surface area (TPSA) is 96.0 Å². The van der Waals surface area contributed by atoms with E-state index in [1.54, 1.807) is 37.3 Å². The molecular weight excluding hydrogens is 641 g/mol. The molecular formula is C36H39ClFN3O5S. The van der Waals surface area contributed by atoms with Gasteiger partial charge in [0.15, 0.2) is 0 Å². The standard InChI is InChI=1S/C36H39ClFN3O5S/c1-5-46-33-18-12-11-17-31(33)41(47(44,45)29-21-19-28(37)20-22-29)25-34(42)40(24-27-15-9-10-16-30(27)38)32(35(43)39-36(2,3)4)23-26-13-7-6-8-14-26/h6-22,32H,5,23-25H2,1-4H3,(H,39,43)/t32-/m0/s1. The molecule has 2 amide bonds. The first-order valence-electron chi connectivity index (χ1n) is 15.2. The molecule has 11 heteroatoms. The number of sulfonamides is 1. The molecule has 0 spiro atoms. The molecule has 0 saturated carbocycles. The van der Waals surface area contributed by atoms with Crippen molar-refractivity contribution in [2.75, 3.05) is 17.5 Å². The Morgan fingerprint density at radius 1 is 0.894 bits per heavy atom. The minimum Gasteiger partial charge on any atom is -0.492 e. The van der Waals surface area contributed by atoms with Gasteiger partial charge in [-0.1, -0.05) is 72.3 Å². The molecule has 0 aromatic heterocycles. The lowest BCUT2D eigenvalue weighted by Gasteiger charge is -2.35. The van der Waals surface area contributed by atoms with Gasteiger partial charge in [-0.15, -0.1) is 0 Å². The zero-order valence-corrected chi connectivity index (χ0v) is 28.4. The summed E-state index contributed by atoms with van der Waals surface area (Å²) in [5, 5.41) is 3.30. The molecule has 0 fully saturated rings. The van der Waals surface area contributed by atoms with E-state index in [4.69, 9.17) is 16.3 Å². The molecule has 0 heterocycles. The molecule has 0 aliphatic rings. The summed E-state index contributed by atoms with van der Waals surface area (Å²) in [5.41, 5.74) is 0.408. The Hall–Kier alpha value is -4.41. The van der Waals surface area contributed by atoms with Crippen molar-refractivity contribution in [2.45, 2.75) is 57.1 Å². The normalized spacial score (nSPS) is 12.2. The monoisotopic (exact) mass is 679 g/mol. The molecule has 47 heavy (non-hydrogen) atoms. The summed E-state index contributed by atoms with van der Waals surface area (Å²) in [4.78, 5) is 29.7. The number of nitrogens with zero attached hydrogens (tertiary/aromatic N) is 2. The Kier molecular flexibility index (Phi) is 11.7. The van der Waals surface area contributed by atoms with Gasteiger partial charge < -0.3 is 15.0 Å². The molecule has 0 radical (unpaired) electrons. The average Bonchev–Trinajstić information content (AvgIpc) is 3.02. The number of halogens is 2. The van der Waals surface area contributed by atoms with Gasteiger partial charge in [-0.3, -0.25) is 13.9 Å². The summed E-state index contributed by atoms with van der Waals surface area (Å²) in [6.45, 7) is 6.46. The third kappa shape index (κ3) is 9.33. The Morgan fingerprint density at radius 3 is 2.15 bits per heavy atom. The summed E-state index contributed by atoms with van der Waals surface area (Å²) < 4.78 is 50.4. The SMILES string of the molecule is CCOc1ccccc1N(CC(=O)N(Cc1ccccc1F)[C@@H](Cc1ccccc1)C(=O)NC(C)(C)C)S(=O)(=O)c1ccc(Cl)cc1. The van der Waals surface area contributed by atoms with Crippen molar-refractivity contribution in [1.29, 1.82) is 0 Å². The molecule has 0 saturated heterocycles. The first kappa shape index (κ1) is 35.4. The van der Waals surface area contributed by atoms with E-state index in [0.29, 0.717) is 5.02 Å². The summed E-state index contributed by atoms with van der Waals surface area (Å²) in [5.74, 6) is -1.51. The predicted octanol–water partition coefficient (Wildman–Crippen LogP) is 6.63. The van der Waals surface area contributed by atoms with Crippen LogP contribution in [-0.4, -0.2) is 49.9 Å². The lowest BCUT2D eigenvalue weighted by molar-refractivity contribution is -0.140. The van der Waals surface area contributed by atoms with Gasteiger partial charge in [-0.05, 0) is 75.7 Å². The summed E-state index contributed by atoms with van der Waals surface area (Å²) in [6.07, 6.45) is 0.0996. The highest BCUT2D eigenvalue weighted by Crippen LogP contribution is 2.33. The maximum atomic E-state index is 15.1. The largest absolute Gasteiger partial charge is 0.492 e. The molecule has 1 N–H and O–H groups in total. The quantitative estimate of drug-likeness (QED) is 0.171. The minimum atomic E-state index is -4.38. The Morgan fingerprint density at radius 2 is 1.51 bits per heavy atom. The highest BCUT2D eigenvalue weighted by Gasteiger charge is 2.36. The number of hydrogen-bond donors (Lipinski definition) is 1. The summed E-state index contributed by atoms with van der Waals surface area (Å²) in [7, 11) is -4.38. The van der Waals surface area contributed by atoms with Gasteiger partial charge in [0, 0.05) is 29.1 Å². The summed E-state index contributed by atoms with van der Waals surface area (Å²) >= 11 is 6.06. The van der Waals surface area contributed by atoms with Crippen LogP contribution in [0.1, 0.15) is 38.8 Å². The van der Waals surface area contributed by atoms with Crippen molar-refractivity contribution in [3.05, 3.63) is 125 Å².